The number of thiazole rings is 1. The molecule has 1 N–H and O–H groups in total. The van der Waals surface area contributed by atoms with Crippen molar-refractivity contribution >= 4 is 32.9 Å². The quantitative estimate of drug-likeness (QED) is 0.661. The number of aliphatic hydroxyl groups excluding tert-OH is 1. The largest absolute Gasteiger partial charge is 0.391 e. The Labute approximate surface area is 107 Å². The maximum Gasteiger partial charge on any atom is 0.319 e. The number of rotatable bonds is 2. The number of nitrogens with zero attached hydrogens (tertiary/aromatic N) is 3. The van der Waals surface area contributed by atoms with Gasteiger partial charge in [-0.25, -0.2) is 4.98 Å². The minimum absolute atomic E-state index is 0.0443. The van der Waals surface area contributed by atoms with Crippen molar-refractivity contribution < 1.29 is 10.0 Å². The molecule has 0 unspecified atom stereocenters. The number of aliphatic hydroxyl groups is 1. The number of nitro benzene ring substituents is 1. The van der Waals surface area contributed by atoms with Crippen LogP contribution in [-0.4, -0.2) is 34.2 Å². The molecule has 0 amide bonds. The SMILES string of the molecule is O=[N+]([O-])c1c(N2CC[C@@H](O)C2)ccc2scnc12. The van der Waals surface area contributed by atoms with Crippen LogP contribution in [0, 0.1) is 10.1 Å². The molecular formula is C11H11N3O3S. The van der Waals surface area contributed by atoms with Crippen molar-refractivity contribution in [3.8, 4) is 0 Å². The molecule has 1 aromatic carbocycles. The zero-order chi connectivity index (χ0) is 12.7. The van der Waals surface area contributed by atoms with E-state index in [1.807, 2.05) is 11.0 Å². The predicted molar refractivity (Wildman–Crippen MR) is 69.1 cm³/mol. The van der Waals surface area contributed by atoms with Crippen molar-refractivity contribution in [2.45, 2.75) is 12.5 Å². The third-order valence-corrected chi connectivity index (χ3v) is 3.94. The zero-order valence-corrected chi connectivity index (χ0v) is 10.3. The minimum Gasteiger partial charge on any atom is -0.391 e. The number of benzene rings is 1. The van der Waals surface area contributed by atoms with Crippen LogP contribution >= 0.6 is 11.3 Å². The molecule has 1 aromatic heterocycles. The summed E-state index contributed by atoms with van der Waals surface area (Å²) < 4.78 is 0.810. The molecule has 0 bridgehead atoms. The number of β-amino-alcohol motifs (C(OH)–C–C–N with tert-alkyl or cyclic N) is 1. The summed E-state index contributed by atoms with van der Waals surface area (Å²) in [5, 5.41) is 20.8. The van der Waals surface area contributed by atoms with Gasteiger partial charge >= 0.3 is 5.69 Å². The number of aromatic nitrogens is 1. The molecule has 1 aliphatic heterocycles. The Morgan fingerprint density at radius 3 is 3.06 bits per heavy atom. The molecule has 94 valence electrons. The van der Waals surface area contributed by atoms with Crippen LogP contribution in [0.15, 0.2) is 17.6 Å². The molecule has 2 aromatic rings. The van der Waals surface area contributed by atoms with Gasteiger partial charge in [-0.05, 0) is 18.6 Å². The maximum atomic E-state index is 11.3. The Morgan fingerprint density at radius 1 is 1.56 bits per heavy atom. The summed E-state index contributed by atoms with van der Waals surface area (Å²) in [4.78, 5) is 16.8. The smallest absolute Gasteiger partial charge is 0.319 e. The summed E-state index contributed by atoms with van der Waals surface area (Å²) in [5.41, 5.74) is 2.64. The lowest BCUT2D eigenvalue weighted by molar-refractivity contribution is -0.382. The molecule has 0 saturated carbocycles. The van der Waals surface area contributed by atoms with Crippen LogP contribution in [0.1, 0.15) is 6.42 Å². The molecule has 3 rings (SSSR count). The fraction of sp³-hybridized carbons (Fsp3) is 0.364. The highest BCUT2D eigenvalue weighted by atomic mass is 32.1. The zero-order valence-electron chi connectivity index (χ0n) is 9.44. The first kappa shape index (κ1) is 11.4. The molecule has 1 aliphatic rings. The molecule has 7 heteroatoms. The molecule has 1 atom stereocenters. The van der Waals surface area contributed by atoms with Gasteiger partial charge in [0.15, 0.2) is 5.52 Å². The van der Waals surface area contributed by atoms with Crippen molar-refractivity contribution in [3.05, 3.63) is 27.8 Å². The lowest BCUT2D eigenvalue weighted by Gasteiger charge is -2.17. The van der Waals surface area contributed by atoms with E-state index in [0.717, 1.165) is 4.70 Å². The van der Waals surface area contributed by atoms with Crippen molar-refractivity contribution in [2.24, 2.45) is 0 Å². The average Bonchev–Trinajstić information content (AvgIpc) is 2.95. The Hall–Kier alpha value is -1.73. The highest BCUT2D eigenvalue weighted by Gasteiger charge is 2.29. The molecule has 0 aliphatic carbocycles. The third-order valence-electron chi connectivity index (χ3n) is 3.14. The van der Waals surface area contributed by atoms with E-state index in [2.05, 4.69) is 4.98 Å². The Kier molecular flexibility index (Phi) is 2.64. The van der Waals surface area contributed by atoms with Gasteiger partial charge in [-0.1, -0.05) is 0 Å². The number of hydrogen-bond acceptors (Lipinski definition) is 6. The Balaban J connectivity index is 2.16. The molecule has 0 radical (unpaired) electrons. The maximum absolute atomic E-state index is 11.3. The number of nitro groups is 1. The monoisotopic (exact) mass is 265 g/mol. The van der Waals surface area contributed by atoms with Crippen molar-refractivity contribution in [1.29, 1.82) is 0 Å². The topological polar surface area (TPSA) is 79.5 Å². The minimum atomic E-state index is -0.407. The standard InChI is InChI=1S/C11H11N3O3S/c15-7-3-4-13(5-7)8-1-2-9-10(12-6-18-9)11(8)14(16)17/h1-2,6-7,15H,3-5H2/t7-/m1/s1. The second-order valence-corrected chi connectivity index (χ2v) is 5.16. The first-order chi connectivity index (χ1) is 8.66. The third kappa shape index (κ3) is 1.72. The van der Waals surface area contributed by atoms with Gasteiger partial charge in [-0.3, -0.25) is 10.1 Å². The van der Waals surface area contributed by atoms with Crippen LogP contribution in [0.25, 0.3) is 10.2 Å². The summed E-state index contributed by atoms with van der Waals surface area (Å²) in [6.07, 6.45) is 0.238. The van der Waals surface area contributed by atoms with E-state index in [1.165, 1.54) is 11.3 Å². The summed E-state index contributed by atoms with van der Waals surface area (Å²) in [5.74, 6) is 0. The van der Waals surface area contributed by atoms with Crippen LogP contribution in [0.2, 0.25) is 0 Å². The summed E-state index contributed by atoms with van der Waals surface area (Å²) >= 11 is 1.39. The molecule has 2 heterocycles. The van der Waals surface area contributed by atoms with Gasteiger partial charge in [0.1, 0.15) is 5.69 Å². The van der Waals surface area contributed by atoms with Gasteiger partial charge in [-0.2, -0.15) is 0 Å². The molecule has 6 nitrogen and oxygen atoms in total. The van der Waals surface area contributed by atoms with E-state index >= 15 is 0 Å². The second kappa shape index (κ2) is 4.18. The highest BCUT2D eigenvalue weighted by molar-refractivity contribution is 7.16. The van der Waals surface area contributed by atoms with Crippen LogP contribution in [0.3, 0.4) is 0 Å². The number of hydrogen-bond donors (Lipinski definition) is 1. The van der Waals surface area contributed by atoms with E-state index in [-0.39, 0.29) is 10.6 Å². The average molecular weight is 265 g/mol. The molecular weight excluding hydrogens is 254 g/mol. The van der Waals surface area contributed by atoms with E-state index in [9.17, 15) is 15.2 Å². The van der Waals surface area contributed by atoms with Crippen LogP contribution in [0.5, 0.6) is 0 Å². The second-order valence-electron chi connectivity index (χ2n) is 4.28. The van der Waals surface area contributed by atoms with Crippen molar-refractivity contribution in [2.75, 3.05) is 18.0 Å². The van der Waals surface area contributed by atoms with E-state index < -0.39 is 6.10 Å². The molecule has 1 saturated heterocycles. The Bertz CT molecular complexity index is 613. The molecule has 1 fully saturated rings. The fourth-order valence-electron chi connectivity index (χ4n) is 2.30. The predicted octanol–water partition coefficient (Wildman–Crippen LogP) is 1.78. The van der Waals surface area contributed by atoms with Gasteiger partial charge < -0.3 is 10.0 Å². The lowest BCUT2D eigenvalue weighted by Crippen LogP contribution is -2.22. The Morgan fingerprint density at radius 2 is 2.39 bits per heavy atom. The van der Waals surface area contributed by atoms with Gasteiger partial charge in [0, 0.05) is 13.1 Å². The van der Waals surface area contributed by atoms with E-state index in [0.29, 0.717) is 30.7 Å². The van der Waals surface area contributed by atoms with Crippen molar-refractivity contribution in [3.63, 3.8) is 0 Å². The lowest BCUT2D eigenvalue weighted by atomic mass is 10.2. The van der Waals surface area contributed by atoms with E-state index in [1.54, 1.807) is 11.6 Å². The molecule has 18 heavy (non-hydrogen) atoms. The number of anilines is 1. The van der Waals surface area contributed by atoms with Gasteiger partial charge in [0.05, 0.1) is 21.2 Å². The van der Waals surface area contributed by atoms with Crippen molar-refractivity contribution in [1.82, 2.24) is 4.98 Å². The van der Waals surface area contributed by atoms with Crippen LogP contribution in [0.4, 0.5) is 11.4 Å². The first-order valence-electron chi connectivity index (χ1n) is 5.60. The fourth-order valence-corrected chi connectivity index (χ4v) is 2.98. The van der Waals surface area contributed by atoms with E-state index in [4.69, 9.17) is 0 Å². The van der Waals surface area contributed by atoms with Crippen LogP contribution in [-0.2, 0) is 0 Å². The van der Waals surface area contributed by atoms with Gasteiger partial charge in [0.25, 0.3) is 0 Å². The molecule has 0 spiro atoms. The van der Waals surface area contributed by atoms with Gasteiger partial charge in [0.2, 0.25) is 0 Å². The first-order valence-corrected chi connectivity index (χ1v) is 6.48. The normalized spacial score (nSPS) is 19.6. The summed E-state index contributed by atoms with van der Waals surface area (Å²) in [6.45, 7) is 1.08. The van der Waals surface area contributed by atoms with Crippen LogP contribution < -0.4 is 4.90 Å². The van der Waals surface area contributed by atoms with Gasteiger partial charge in [-0.15, -0.1) is 11.3 Å². The summed E-state index contributed by atoms with van der Waals surface area (Å²) in [7, 11) is 0. The summed E-state index contributed by atoms with van der Waals surface area (Å²) in [6, 6.07) is 3.59. The number of fused-ring (bicyclic) bond motifs is 1. The highest BCUT2D eigenvalue weighted by Crippen LogP contribution is 2.37.